The monoisotopic (exact) mass is 320 g/mol. The van der Waals surface area contributed by atoms with E-state index in [9.17, 15) is 4.79 Å². The lowest BCUT2D eigenvalue weighted by Gasteiger charge is -2.15. The van der Waals surface area contributed by atoms with Gasteiger partial charge in [-0.15, -0.1) is 11.3 Å². The van der Waals surface area contributed by atoms with Crippen molar-refractivity contribution in [2.24, 2.45) is 0 Å². The molecular formula is C16H20N2O3S. The third-order valence-corrected chi connectivity index (χ3v) is 4.25. The number of benzene rings is 1. The van der Waals surface area contributed by atoms with Crippen LogP contribution < -0.4 is 15.4 Å². The molecule has 0 spiro atoms. The molecule has 1 heterocycles. The third kappa shape index (κ3) is 4.47. The Hall–Kier alpha value is -2.05. The van der Waals surface area contributed by atoms with Crippen LogP contribution in [0.25, 0.3) is 0 Å². The molecule has 0 aliphatic heterocycles. The summed E-state index contributed by atoms with van der Waals surface area (Å²) in [5.74, 6) is 0.749. The number of anilines is 1. The fourth-order valence-electron chi connectivity index (χ4n) is 1.96. The molecule has 0 aliphatic carbocycles. The highest BCUT2D eigenvalue weighted by Crippen LogP contribution is 2.24. The summed E-state index contributed by atoms with van der Waals surface area (Å²) in [5.41, 5.74) is 0.708. The molecular weight excluding hydrogens is 300 g/mol. The Bertz CT molecular complexity index is 610. The summed E-state index contributed by atoms with van der Waals surface area (Å²) in [6.45, 7) is 2.46. The second kappa shape index (κ2) is 7.82. The summed E-state index contributed by atoms with van der Waals surface area (Å²) in [5, 5.41) is 5.59. The molecule has 2 N–H and O–H groups in total. The standard InChI is InChI=1S/C16H20N2O3S/c1-11-4-9-15(22-11)14(21-3)10-17-16(19)18-12-5-7-13(20-2)8-6-12/h4-9,14H,10H2,1-3H3,(H2,17,18,19)/t14-/m1/s1. The van der Waals surface area contributed by atoms with Gasteiger partial charge >= 0.3 is 6.03 Å². The number of hydrogen-bond donors (Lipinski definition) is 2. The fraction of sp³-hybridized carbons (Fsp3) is 0.312. The SMILES string of the molecule is COc1ccc(NC(=O)NC[C@@H](OC)c2ccc(C)s2)cc1. The number of hydrogen-bond acceptors (Lipinski definition) is 4. The molecule has 118 valence electrons. The van der Waals surface area contributed by atoms with Crippen molar-refractivity contribution in [2.75, 3.05) is 26.1 Å². The van der Waals surface area contributed by atoms with Crippen molar-refractivity contribution in [1.29, 1.82) is 0 Å². The van der Waals surface area contributed by atoms with Gasteiger partial charge in [-0.1, -0.05) is 0 Å². The van der Waals surface area contributed by atoms with Gasteiger partial charge < -0.3 is 20.1 Å². The Labute approximate surface area is 134 Å². The van der Waals surface area contributed by atoms with E-state index in [-0.39, 0.29) is 12.1 Å². The highest BCUT2D eigenvalue weighted by Gasteiger charge is 2.13. The van der Waals surface area contributed by atoms with E-state index in [1.54, 1.807) is 49.8 Å². The molecule has 0 unspecified atom stereocenters. The first-order valence-corrected chi connectivity index (χ1v) is 7.72. The number of carbonyl (C=O) groups is 1. The summed E-state index contributed by atoms with van der Waals surface area (Å²) in [7, 11) is 3.25. The Morgan fingerprint density at radius 3 is 2.45 bits per heavy atom. The van der Waals surface area contributed by atoms with E-state index < -0.39 is 0 Å². The summed E-state index contributed by atoms with van der Waals surface area (Å²) >= 11 is 1.67. The van der Waals surface area contributed by atoms with Crippen molar-refractivity contribution in [2.45, 2.75) is 13.0 Å². The van der Waals surface area contributed by atoms with Crippen LogP contribution in [-0.2, 0) is 4.74 Å². The highest BCUT2D eigenvalue weighted by molar-refractivity contribution is 7.12. The van der Waals surface area contributed by atoms with Gasteiger partial charge in [-0.2, -0.15) is 0 Å². The van der Waals surface area contributed by atoms with Gasteiger partial charge in [0.2, 0.25) is 0 Å². The highest BCUT2D eigenvalue weighted by atomic mass is 32.1. The molecule has 0 radical (unpaired) electrons. The molecule has 22 heavy (non-hydrogen) atoms. The first-order valence-electron chi connectivity index (χ1n) is 6.90. The molecule has 6 heteroatoms. The fourth-order valence-corrected chi connectivity index (χ4v) is 2.92. The van der Waals surface area contributed by atoms with E-state index in [4.69, 9.17) is 9.47 Å². The van der Waals surface area contributed by atoms with Gasteiger partial charge in [0.25, 0.3) is 0 Å². The number of methoxy groups -OCH3 is 2. The van der Waals surface area contributed by atoms with Crippen LogP contribution in [0.1, 0.15) is 15.9 Å². The number of rotatable bonds is 6. The van der Waals surface area contributed by atoms with Gasteiger partial charge in [0.05, 0.1) is 13.7 Å². The topological polar surface area (TPSA) is 59.6 Å². The van der Waals surface area contributed by atoms with E-state index in [1.165, 1.54) is 4.88 Å². The number of nitrogens with one attached hydrogen (secondary N) is 2. The quantitative estimate of drug-likeness (QED) is 0.855. The lowest BCUT2D eigenvalue weighted by molar-refractivity contribution is 0.107. The molecule has 0 bridgehead atoms. The smallest absolute Gasteiger partial charge is 0.319 e. The first kappa shape index (κ1) is 16.3. The van der Waals surface area contributed by atoms with Crippen LogP contribution in [-0.4, -0.2) is 26.8 Å². The molecule has 2 rings (SSSR count). The second-order valence-corrected chi connectivity index (χ2v) is 6.06. The minimum Gasteiger partial charge on any atom is -0.497 e. The van der Waals surface area contributed by atoms with Crippen LogP contribution in [0.5, 0.6) is 5.75 Å². The summed E-state index contributed by atoms with van der Waals surface area (Å²) < 4.78 is 10.5. The molecule has 1 aromatic carbocycles. The predicted octanol–water partition coefficient (Wildman–Crippen LogP) is 3.57. The van der Waals surface area contributed by atoms with Gasteiger partial charge in [0.15, 0.2) is 0 Å². The molecule has 5 nitrogen and oxygen atoms in total. The van der Waals surface area contributed by atoms with Gasteiger partial charge in [0.1, 0.15) is 11.9 Å². The van der Waals surface area contributed by atoms with Crippen molar-refractivity contribution < 1.29 is 14.3 Å². The third-order valence-electron chi connectivity index (χ3n) is 3.16. The Balaban J connectivity index is 1.85. The summed E-state index contributed by atoms with van der Waals surface area (Å²) in [4.78, 5) is 14.2. The Morgan fingerprint density at radius 1 is 1.18 bits per heavy atom. The lowest BCUT2D eigenvalue weighted by Crippen LogP contribution is -2.32. The molecule has 2 aromatic rings. The molecule has 0 saturated carbocycles. The van der Waals surface area contributed by atoms with Crippen molar-refractivity contribution >= 4 is 23.1 Å². The number of thiophene rings is 1. The average molecular weight is 320 g/mol. The van der Waals surface area contributed by atoms with Gasteiger partial charge in [-0.05, 0) is 43.3 Å². The lowest BCUT2D eigenvalue weighted by atomic mass is 10.3. The molecule has 0 aliphatic rings. The van der Waals surface area contributed by atoms with E-state index in [0.29, 0.717) is 12.2 Å². The van der Waals surface area contributed by atoms with Crippen molar-refractivity contribution in [3.8, 4) is 5.75 Å². The second-order valence-electron chi connectivity index (χ2n) is 4.74. The molecule has 0 fully saturated rings. The van der Waals surface area contributed by atoms with Crippen molar-refractivity contribution in [3.63, 3.8) is 0 Å². The molecule has 0 saturated heterocycles. The largest absolute Gasteiger partial charge is 0.497 e. The van der Waals surface area contributed by atoms with Crippen LogP contribution in [0.2, 0.25) is 0 Å². The Kier molecular flexibility index (Phi) is 5.80. The number of urea groups is 1. The number of ether oxygens (including phenoxy) is 2. The summed E-state index contributed by atoms with van der Waals surface area (Å²) in [6, 6.07) is 11.0. The van der Waals surface area contributed by atoms with Crippen LogP contribution in [0.4, 0.5) is 10.5 Å². The van der Waals surface area contributed by atoms with Gasteiger partial charge in [-0.3, -0.25) is 0 Å². The van der Waals surface area contributed by atoms with Gasteiger partial charge in [0, 0.05) is 22.6 Å². The van der Waals surface area contributed by atoms with E-state index in [2.05, 4.69) is 10.6 Å². The van der Waals surface area contributed by atoms with Crippen molar-refractivity contribution in [1.82, 2.24) is 5.32 Å². The zero-order chi connectivity index (χ0) is 15.9. The Morgan fingerprint density at radius 2 is 1.91 bits per heavy atom. The van der Waals surface area contributed by atoms with E-state index in [1.807, 2.05) is 19.1 Å². The normalized spacial score (nSPS) is 11.8. The van der Waals surface area contributed by atoms with E-state index >= 15 is 0 Å². The first-order chi connectivity index (χ1) is 10.6. The van der Waals surface area contributed by atoms with Crippen molar-refractivity contribution in [3.05, 3.63) is 46.2 Å². The zero-order valence-electron chi connectivity index (χ0n) is 12.9. The average Bonchev–Trinajstić information content (AvgIpc) is 2.95. The molecule has 1 atom stereocenters. The molecule has 1 aromatic heterocycles. The maximum absolute atomic E-state index is 11.9. The number of amides is 2. The molecule has 2 amide bonds. The van der Waals surface area contributed by atoms with Crippen LogP contribution in [0.3, 0.4) is 0 Å². The zero-order valence-corrected chi connectivity index (χ0v) is 13.7. The van der Waals surface area contributed by atoms with Crippen LogP contribution >= 0.6 is 11.3 Å². The van der Waals surface area contributed by atoms with Crippen LogP contribution in [0.15, 0.2) is 36.4 Å². The minimum atomic E-state index is -0.263. The predicted molar refractivity (Wildman–Crippen MR) is 88.8 cm³/mol. The van der Waals surface area contributed by atoms with Crippen LogP contribution in [0, 0.1) is 6.92 Å². The van der Waals surface area contributed by atoms with Gasteiger partial charge in [-0.25, -0.2) is 4.79 Å². The number of aryl methyl sites for hydroxylation is 1. The maximum Gasteiger partial charge on any atom is 0.319 e. The maximum atomic E-state index is 11.9. The summed E-state index contributed by atoms with van der Waals surface area (Å²) in [6.07, 6.45) is -0.139. The minimum absolute atomic E-state index is 0.139. The van der Waals surface area contributed by atoms with E-state index in [0.717, 1.165) is 10.6 Å². The number of carbonyl (C=O) groups excluding carboxylic acids is 1.